The number of hydrogen-bond donors (Lipinski definition) is 2. The molecule has 3 aromatic rings. The molecule has 7 heteroatoms. The van der Waals surface area contributed by atoms with Crippen LogP contribution < -0.4 is 10.6 Å². The van der Waals surface area contributed by atoms with Gasteiger partial charge in [-0.3, -0.25) is 0 Å². The van der Waals surface area contributed by atoms with Crippen molar-refractivity contribution in [2.75, 3.05) is 31.3 Å². The highest BCUT2D eigenvalue weighted by molar-refractivity contribution is 5.61. The Bertz CT molecular complexity index is 992. The van der Waals surface area contributed by atoms with E-state index in [1.54, 1.807) is 0 Å². The molecular formula is C21H27N7. The first kappa shape index (κ1) is 18.4. The molecule has 4 rings (SSSR count). The van der Waals surface area contributed by atoms with E-state index >= 15 is 0 Å². The number of nitrogens with zero attached hydrogens (tertiary/aromatic N) is 5. The van der Waals surface area contributed by atoms with Gasteiger partial charge in [0.2, 0.25) is 5.95 Å². The lowest BCUT2D eigenvalue weighted by Crippen LogP contribution is -2.25. The van der Waals surface area contributed by atoms with Crippen LogP contribution in [-0.4, -0.2) is 45.3 Å². The number of likely N-dealkylation sites (N-methyl/N-ethyl adjacent to an activating group) is 1. The highest BCUT2D eigenvalue weighted by atomic mass is 15.3. The highest BCUT2D eigenvalue weighted by Gasteiger charge is 2.18. The molecule has 0 aliphatic carbocycles. The maximum absolute atomic E-state index is 4.87. The summed E-state index contributed by atoms with van der Waals surface area (Å²) < 4.78 is 2.03. The molecule has 0 atom stereocenters. The smallest absolute Gasteiger partial charge is 0.229 e. The Morgan fingerprint density at radius 1 is 1.18 bits per heavy atom. The number of rotatable bonds is 5. The summed E-state index contributed by atoms with van der Waals surface area (Å²) in [5, 5.41) is 11.3. The minimum Gasteiger partial charge on any atom is -0.373 e. The summed E-state index contributed by atoms with van der Waals surface area (Å²) in [5.41, 5.74) is 6.75. The minimum atomic E-state index is 0.584. The summed E-state index contributed by atoms with van der Waals surface area (Å²) in [7, 11) is 4.01. The highest BCUT2D eigenvalue weighted by Crippen LogP contribution is 2.25. The largest absolute Gasteiger partial charge is 0.373 e. The van der Waals surface area contributed by atoms with Gasteiger partial charge in [0.15, 0.2) is 0 Å². The molecule has 0 fully saturated rings. The number of aromatic nitrogens is 4. The Hall–Kier alpha value is -2.93. The van der Waals surface area contributed by atoms with Crippen molar-refractivity contribution in [1.82, 2.24) is 24.6 Å². The van der Waals surface area contributed by atoms with Crippen molar-refractivity contribution in [3.63, 3.8) is 0 Å². The van der Waals surface area contributed by atoms with E-state index in [1.165, 1.54) is 16.8 Å². The molecule has 146 valence electrons. The van der Waals surface area contributed by atoms with Crippen LogP contribution in [0.3, 0.4) is 0 Å². The first-order valence-corrected chi connectivity index (χ1v) is 9.75. The van der Waals surface area contributed by atoms with Gasteiger partial charge in [0.25, 0.3) is 0 Å². The van der Waals surface area contributed by atoms with Crippen LogP contribution in [0, 0.1) is 6.92 Å². The van der Waals surface area contributed by atoms with E-state index < -0.39 is 0 Å². The third kappa shape index (κ3) is 3.71. The fourth-order valence-electron chi connectivity index (χ4n) is 3.61. The van der Waals surface area contributed by atoms with E-state index in [9.17, 15) is 0 Å². The molecule has 1 aliphatic rings. The van der Waals surface area contributed by atoms with Gasteiger partial charge < -0.3 is 15.5 Å². The fourth-order valence-corrected chi connectivity index (χ4v) is 3.61. The molecule has 0 saturated carbocycles. The number of benzene rings is 1. The first-order chi connectivity index (χ1) is 13.6. The zero-order valence-electron chi connectivity index (χ0n) is 17.0. The van der Waals surface area contributed by atoms with Gasteiger partial charge in [-0.15, -0.1) is 0 Å². The van der Waals surface area contributed by atoms with E-state index in [2.05, 4.69) is 63.9 Å². The van der Waals surface area contributed by atoms with Crippen LogP contribution in [0.1, 0.15) is 29.4 Å². The zero-order chi connectivity index (χ0) is 19.7. The van der Waals surface area contributed by atoms with Gasteiger partial charge in [-0.05, 0) is 38.1 Å². The third-order valence-electron chi connectivity index (χ3n) is 5.13. The normalized spacial score (nSPS) is 14.0. The average molecular weight is 377 g/mol. The molecule has 0 bridgehead atoms. The molecule has 0 radical (unpaired) electrons. The van der Waals surface area contributed by atoms with Gasteiger partial charge in [0.05, 0.1) is 11.4 Å². The van der Waals surface area contributed by atoms with E-state index in [1.807, 2.05) is 24.7 Å². The minimum absolute atomic E-state index is 0.584. The molecule has 28 heavy (non-hydrogen) atoms. The van der Waals surface area contributed by atoms with Gasteiger partial charge in [-0.1, -0.05) is 13.0 Å². The molecule has 2 N–H and O–H groups in total. The van der Waals surface area contributed by atoms with E-state index in [0.29, 0.717) is 5.95 Å². The lowest BCUT2D eigenvalue weighted by atomic mass is 10.1. The summed E-state index contributed by atoms with van der Waals surface area (Å²) >= 11 is 0. The summed E-state index contributed by atoms with van der Waals surface area (Å²) in [6, 6.07) is 8.28. The van der Waals surface area contributed by atoms with Crippen LogP contribution >= 0.6 is 0 Å². The van der Waals surface area contributed by atoms with E-state index in [-0.39, 0.29) is 0 Å². The van der Waals surface area contributed by atoms with E-state index in [4.69, 9.17) is 5.10 Å². The second kappa shape index (κ2) is 7.59. The molecule has 0 amide bonds. The lowest BCUT2D eigenvalue weighted by molar-refractivity contribution is 0.311. The quantitative estimate of drug-likeness (QED) is 0.711. The van der Waals surface area contributed by atoms with Crippen molar-refractivity contribution in [2.24, 2.45) is 0 Å². The first-order valence-electron chi connectivity index (χ1n) is 9.75. The topological polar surface area (TPSA) is 70.9 Å². The summed E-state index contributed by atoms with van der Waals surface area (Å²) in [4.78, 5) is 11.3. The predicted octanol–water partition coefficient (Wildman–Crippen LogP) is 3.31. The number of fused-ring (bicyclic) bond motifs is 1. The molecule has 0 unspecified atom stereocenters. The van der Waals surface area contributed by atoms with Crippen molar-refractivity contribution >= 4 is 17.5 Å². The molecule has 1 aromatic carbocycles. The Morgan fingerprint density at radius 2 is 2.04 bits per heavy atom. The maximum Gasteiger partial charge on any atom is 0.229 e. The van der Waals surface area contributed by atoms with Gasteiger partial charge in [0.1, 0.15) is 5.82 Å². The van der Waals surface area contributed by atoms with Crippen LogP contribution in [0.5, 0.6) is 0 Å². The third-order valence-corrected chi connectivity index (χ3v) is 5.13. The molecule has 0 spiro atoms. The van der Waals surface area contributed by atoms with Gasteiger partial charge in [-0.2, -0.15) is 10.1 Å². The standard InChI is InChI=1S/C21H27N7/c1-5-15-6-7-17(24-21-23-14(2)10-20(22-3)25-21)11-19(15)28-13-16-12-27(4)9-8-18(16)26-28/h6-7,10-11,13H,5,8-9,12H2,1-4H3,(H2,22,23,24,25). The number of aryl methyl sites for hydroxylation is 2. The summed E-state index contributed by atoms with van der Waals surface area (Å²) in [6.45, 7) is 6.15. The zero-order valence-corrected chi connectivity index (χ0v) is 17.0. The van der Waals surface area contributed by atoms with Crippen LogP contribution in [0.15, 0.2) is 30.5 Å². The maximum atomic E-state index is 4.87. The Morgan fingerprint density at radius 3 is 2.82 bits per heavy atom. The van der Waals surface area contributed by atoms with Crippen LogP contribution in [0.25, 0.3) is 5.69 Å². The summed E-state index contributed by atoms with van der Waals surface area (Å²) in [6.07, 6.45) is 4.12. The second-order valence-electron chi connectivity index (χ2n) is 7.32. The number of nitrogens with one attached hydrogen (secondary N) is 2. The van der Waals surface area contributed by atoms with Gasteiger partial charge in [-0.25, -0.2) is 9.67 Å². The summed E-state index contributed by atoms with van der Waals surface area (Å²) in [5.74, 6) is 1.38. The SMILES string of the molecule is CCc1ccc(Nc2nc(C)cc(NC)n2)cc1-n1cc2c(n1)CCN(C)C2. The molecule has 3 heterocycles. The van der Waals surface area contributed by atoms with Crippen molar-refractivity contribution in [2.45, 2.75) is 33.2 Å². The van der Waals surface area contributed by atoms with E-state index in [0.717, 1.165) is 48.8 Å². The van der Waals surface area contributed by atoms with Crippen LogP contribution in [0.2, 0.25) is 0 Å². The lowest BCUT2D eigenvalue weighted by Gasteiger charge is -2.20. The van der Waals surface area contributed by atoms with Crippen molar-refractivity contribution in [3.8, 4) is 5.69 Å². The Balaban J connectivity index is 1.68. The van der Waals surface area contributed by atoms with Gasteiger partial charge >= 0.3 is 0 Å². The van der Waals surface area contributed by atoms with Crippen LogP contribution in [0.4, 0.5) is 17.5 Å². The Labute approximate surface area is 165 Å². The fraction of sp³-hybridized carbons (Fsp3) is 0.381. The molecule has 7 nitrogen and oxygen atoms in total. The van der Waals surface area contributed by atoms with Crippen molar-refractivity contribution in [1.29, 1.82) is 0 Å². The predicted molar refractivity (Wildman–Crippen MR) is 113 cm³/mol. The molecule has 2 aromatic heterocycles. The molecule has 0 saturated heterocycles. The van der Waals surface area contributed by atoms with Gasteiger partial charge in [0, 0.05) is 55.8 Å². The number of hydrogen-bond acceptors (Lipinski definition) is 6. The molecular weight excluding hydrogens is 350 g/mol. The van der Waals surface area contributed by atoms with Crippen molar-refractivity contribution in [3.05, 3.63) is 53.0 Å². The average Bonchev–Trinajstić information content (AvgIpc) is 3.10. The second-order valence-corrected chi connectivity index (χ2v) is 7.32. The van der Waals surface area contributed by atoms with Crippen LogP contribution in [-0.2, 0) is 19.4 Å². The monoisotopic (exact) mass is 377 g/mol. The van der Waals surface area contributed by atoms with Crippen molar-refractivity contribution < 1.29 is 0 Å². The molecule has 1 aliphatic heterocycles. The number of anilines is 3. The Kier molecular flexibility index (Phi) is 5.00.